The molecule has 0 fully saturated rings. The number of nitrogens with one attached hydrogen (secondary N) is 2. The number of alkyl carbamates (subject to hydrolysis) is 1. The van der Waals surface area contributed by atoms with Crippen molar-refractivity contribution in [2.24, 2.45) is 0 Å². The van der Waals surface area contributed by atoms with Gasteiger partial charge in [-0.3, -0.25) is 9.59 Å². The summed E-state index contributed by atoms with van der Waals surface area (Å²) < 4.78 is 5.31. The minimum Gasteiger partial charge on any atom is -0.444 e. The van der Waals surface area contributed by atoms with Gasteiger partial charge in [0.05, 0.1) is 10.7 Å². The third-order valence-electron chi connectivity index (χ3n) is 6.58. The second-order valence-corrected chi connectivity index (χ2v) is 11.4. The molecule has 0 aliphatic rings. The van der Waals surface area contributed by atoms with Gasteiger partial charge in [-0.15, -0.1) is 0 Å². The van der Waals surface area contributed by atoms with E-state index in [2.05, 4.69) is 17.6 Å². The molecule has 0 aliphatic heterocycles. The summed E-state index contributed by atoms with van der Waals surface area (Å²) in [7, 11) is 0. The molecule has 1 unspecified atom stereocenters. The minimum atomic E-state index is -0.917. The van der Waals surface area contributed by atoms with E-state index in [1.165, 1.54) is 0 Å². The van der Waals surface area contributed by atoms with Crippen LogP contribution in [0.15, 0.2) is 36.4 Å². The number of hydrogen-bond donors (Lipinski definition) is 2. The van der Waals surface area contributed by atoms with E-state index >= 15 is 0 Å². The lowest BCUT2D eigenvalue weighted by atomic mass is 9.95. The van der Waals surface area contributed by atoms with E-state index in [1.807, 2.05) is 51.1 Å². The van der Waals surface area contributed by atoms with Crippen LogP contribution in [0.4, 0.5) is 10.5 Å². The molecular formula is C31H44ClN3O4. The van der Waals surface area contributed by atoms with Crippen LogP contribution in [0, 0.1) is 20.8 Å². The number of unbranched alkanes of at least 4 members (excludes halogenated alkanes) is 4. The second-order valence-electron chi connectivity index (χ2n) is 11.0. The molecule has 2 rings (SSSR count). The highest BCUT2D eigenvalue weighted by atomic mass is 35.5. The molecule has 1 atom stereocenters. The molecule has 7 nitrogen and oxygen atoms in total. The first kappa shape index (κ1) is 32.2. The largest absolute Gasteiger partial charge is 0.444 e. The van der Waals surface area contributed by atoms with Gasteiger partial charge in [0, 0.05) is 6.54 Å². The third-order valence-corrected chi connectivity index (χ3v) is 6.89. The molecule has 214 valence electrons. The SMILES string of the molecule is CCCCCCCN(C(=O)CNC(=O)OC(C)(C)C)C(C(=O)Nc1c(C)cccc1Cl)c1cccc(C)c1C. The van der Waals surface area contributed by atoms with Crippen molar-refractivity contribution in [1.82, 2.24) is 10.2 Å². The first-order valence-corrected chi connectivity index (χ1v) is 14.1. The molecule has 8 heteroatoms. The van der Waals surface area contributed by atoms with Crippen molar-refractivity contribution in [3.8, 4) is 0 Å². The molecule has 0 spiro atoms. The summed E-state index contributed by atoms with van der Waals surface area (Å²) in [4.78, 5) is 41.6. The Kier molecular flexibility index (Phi) is 12.3. The van der Waals surface area contributed by atoms with Crippen LogP contribution in [0.3, 0.4) is 0 Å². The molecule has 0 aromatic heterocycles. The molecule has 0 radical (unpaired) electrons. The lowest BCUT2D eigenvalue weighted by Crippen LogP contribution is -2.47. The summed E-state index contributed by atoms with van der Waals surface area (Å²) in [6, 6.07) is 10.2. The Morgan fingerprint density at radius 1 is 0.949 bits per heavy atom. The number of para-hydroxylation sites is 1. The van der Waals surface area contributed by atoms with Crippen molar-refractivity contribution in [2.75, 3.05) is 18.4 Å². The smallest absolute Gasteiger partial charge is 0.408 e. The molecule has 39 heavy (non-hydrogen) atoms. The zero-order valence-corrected chi connectivity index (χ0v) is 25.2. The summed E-state index contributed by atoms with van der Waals surface area (Å²) in [5.41, 5.74) is 3.32. The topological polar surface area (TPSA) is 87.7 Å². The Morgan fingerprint density at radius 2 is 1.59 bits per heavy atom. The summed E-state index contributed by atoms with van der Waals surface area (Å²) in [6.07, 6.45) is 4.25. The van der Waals surface area contributed by atoms with Crippen LogP contribution in [-0.4, -0.2) is 41.5 Å². The summed E-state index contributed by atoms with van der Waals surface area (Å²) in [6.45, 7) is 13.3. The summed E-state index contributed by atoms with van der Waals surface area (Å²) in [5.74, 6) is -0.729. The summed E-state index contributed by atoms with van der Waals surface area (Å²) in [5, 5.41) is 5.98. The van der Waals surface area contributed by atoms with Crippen LogP contribution in [0.5, 0.6) is 0 Å². The fraction of sp³-hybridized carbons (Fsp3) is 0.516. The van der Waals surface area contributed by atoms with E-state index in [0.29, 0.717) is 17.3 Å². The zero-order valence-electron chi connectivity index (χ0n) is 24.4. The standard InChI is InChI=1S/C31H44ClN3O4/c1-8-9-10-11-12-19-35(26(36)20-33-30(38)39-31(5,6)7)28(24-17-13-15-21(2)23(24)4)29(37)34-27-22(3)16-14-18-25(27)32/h13-18,28H,8-12,19-20H2,1-7H3,(H,33,38)(H,34,37). The molecule has 2 aromatic rings. The Morgan fingerprint density at radius 3 is 2.23 bits per heavy atom. The van der Waals surface area contributed by atoms with Gasteiger partial charge in [-0.25, -0.2) is 4.79 Å². The lowest BCUT2D eigenvalue weighted by molar-refractivity contribution is -0.138. The Hall–Kier alpha value is -3.06. The normalized spacial score (nSPS) is 12.0. The summed E-state index contributed by atoms with van der Waals surface area (Å²) >= 11 is 6.44. The molecule has 2 N–H and O–H groups in total. The van der Waals surface area contributed by atoms with Crippen LogP contribution in [0.25, 0.3) is 0 Å². The molecular weight excluding hydrogens is 514 g/mol. The molecule has 0 aliphatic carbocycles. The quantitative estimate of drug-likeness (QED) is 0.269. The van der Waals surface area contributed by atoms with Crippen molar-refractivity contribution in [3.05, 3.63) is 63.7 Å². The molecule has 0 heterocycles. The van der Waals surface area contributed by atoms with Crippen LogP contribution in [0.2, 0.25) is 5.02 Å². The number of halogens is 1. The highest BCUT2D eigenvalue weighted by Crippen LogP contribution is 2.31. The number of benzene rings is 2. The average Bonchev–Trinajstić information content (AvgIpc) is 2.85. The van der Waals surface area contributed by atoms with Gasteiger partial charge in [-0.2, -0.15) is 0 Å². The van der Waals surface area contributed by atoms with E-state index in [-0.39, 0.29) is 18.4 Å². The van der Waals surface area contributed by atoms with Crippen LogP contribution in [-0.2, 0) is 14.3 Å². The van der Waals surface area contributed by atoms with Gasteiger partial charge in [0.1, 0.15) is 18.2 Å². The number of rotatable bonds is 12. The van der Waals surface area contributed by atoms with Gasteiger partial charge < -0.3 is 20.3 Å². The van der Waals surface area contributed by atoms with E-state index in [0.717, 1.165) is 54.4 Å². The zero-order chi connectivity index (χ0) is 29.2. The fourth-order valence-corrected chi connectivity index (χ4v) is 4.62. The number of amides is 3. The Bertz CT molecular complexity index is 1120. The number of hydrogen-bond acceptors (Lipinski definition) is 4. The highest BCUT2D eigenvalue weighted by molar-refractivity contribution is 6.34. The van der Waals surface area contributed by atoms with E-state index in [9.17, 15) is 14.4 Å². The average molecular weight is 558 g/mol. The number of nitrogens with zero attached hydrogens (tertiary/aromatic N) is 1. The van der Waals surface area contributed by atoms with Crippen LogP contribution < -0.4 is 10.6 Å². The number of carbonyl (C=O) groups excluding carboxylic acids is 3. The van der Waals surface area contributed by atoms with E-state index < -0.39 is 17.7 Å². The number of anilines is 1. The maximum Gasteiger partial charge on any atom is 0.408 e. The van der Waals surface area contributed by atoms with Crippen molar-refractivity contribution < 1.29 is 19.1 Å². The Labute approximate surface area is 238 Å². The lowest BCUT2D eigenvalue weighted by Gasteiger charge is -2.33. The molecule has 0 saturated carbocycles. The Balaban J connectivity index is 2.46. The number of carbonyl (C=O) groups is 3. The van der Waals surface area contributed by atoms with Crippen molar-refractivity contribution >= 4 is 35.2 Å². The van der Waals surface area contributed by atoms with Crippen molar-refractivity contribution in [3.63, 3.8) is 0 Å². The monoisotopic (exact) mass is 557 g/mol. The predicted molar refractivity (Wildman–Crippen MR) is 158 cm³/mol. The van der Waals surface area contributed by atoms with Crippen molar-refractivity contribution in [1.29, 1.82) is 0 Å². The van der Waals surface area contributed by atoms with Gasteiger partial charge in [-0.1, -0.05) is 74.5 Å². The van der Waals surface area contributed by atoms with E-state index in [1.54, 1.807) is 31.7 Å². The predicted octanol–water partition coefficient (Wildman–Crippen LogP) is 7.27. The fourth-order valence-electron chi connectivity index (χ4n) is 4.35. The maximum absolute atomic E-state index is 14.0. The number of aryl methyl sites for hydroxylation is 2. The van der Waals surface area contributed by atoms with Gasteiger partial charge in [0.25, 0.3) is 5.91 Å². The van der Waals surface area contributed by atoms with Gasteiger partial charge >= 0.3 is 6.09 Å². The first-order chi connectivity index (χ1) is 18.4. The molecule has 2 aromatic carbocycles. The van der Waals surface area contributed by atoms with Crippen LogP contribution >= 0.6 is 11.6 Å². The molecule has 3 amide bonds. The molecule has 0 saturated heterocycles. The van der Waals surface area contributed by atoms with Crippen molar-refractivity contribution in [2.45, 2.75) is 92.2 Å². The number of ether oxygens (including phenoxy) is 1. The van der Waals surface area contributed by atoms with Gasteiger partial charge in [-0.05, 0) is 76.3 Å². The van der Waals surface area contributed by atoms with E-state index in [4.69, 9.17) is 16.3 Å². The second kappa shape index (κ2) is 14.9. The van der Waals surface area contributed by atoms with Gasteiger partial charge in [0.2, 0.25) is 5.91 Å². The van der Waals surface area contributed by atoms with Gasteiger partial charge in [0.15, 0.2) is 0 Å². The minimum absolute atomic E-state index is 0.288. The maximum atomic E-state index is 14.0. The first-order valence-electron chi connectivity index (χ1n) is 13.7. The third kappa shape index (κ3) is 9.88. The molecule has 0 bridgehead atoms. The van der Waals surface area contributed by atoms with Crippen LogP contribution in [0.1, 0.15) is 88.1 Å². The highest BCUT2D eigenvalue weighted by Gasteiger charge is 2.33.